The number of nitrogens with two attached hydrogens (primary N) is 1. The molecular formula is C14H15FN2O. The zero-order chi connectivity index (χ0) is 13.1. The third-order valence-corrected chi connectivity index (χ3v) is 2.74. The fourth-order valence-electron chi connectivity index (χ4n) is 1.71. The average Bonchev–Trinajstić information content (AvgIpc) is 2.35. The highest BCUT2D eigenvalue weighted by atomic mass is 19.1. The van der Waals surface area contributed by atoms with Crippen LogP contribution in [0.2, 0.25) is 0 Å². The SMILES string of the molecule is COc1ccc(Nc2c(C)cccc2F)c(N)c1. The molecule has 2 rings (SSSR count). The Morgan fingerprint density at radius 2 is 2.00 bits per heavy atom. The molecule has 3 nitrogen and oxygen atoms in total. The smallest absolute Gasteiger partial charge is 0.146 e. The Kier molecular flexibility index (Phi) is 3.37. The van der Waals surface area contributed by atoms with Crippen molar-refractivity contribution in [3.8, 4) is 5.75 Å². The second-order valence-electron chi connectivity index (χ2n) is 4.01. The molecule has 0 aliphatic rings. The van der Waals surface area contributed by atoms with Gasteiger partial charge in [0.2, 0.25) is 0 Å². The van der Waals surface area contributed by atoms with Gasteiger partial charge in [-0.25, -0.2) is 4.39 Å². The van der Waals surface area contributed by atoms with Crippen LogP contribution < -0.4 is 15.8 Å². The third-order valence-electron chi connectivity index (χ3n) is 2.74. The van der Waals surface area contributed by atoms with Crippen LogP contribution >= 0.6 is 0 Å². The number of methoxy groups -OCH3 is 1. The first-order valence-electron chi connectivity index (χ1n) is 5.57. The molecule has 0 aromatic heterocycles. The molecule has 0 amide bonds. The molecule has 2 aromatic carbocycles. The van der Waals surface area contributed by atoms with Crippen LogP contribution in [0.5, 0.6) is 5.75 Å². The van der Waals surface area contributed by atoms with Crippen molar-refractivity contribution < 1.29 is 9.13 Å². The van der Waals surface area contributed by atoms with Crippen molar-refractivity contribution in [2.45, 2.75) is 6.92 Å². The number of ether oxygens (including phenoxy) is 1. The van der Waals surface area contributed by atoms with Gasteiger partial charge in [-0.15, -0.1) is 0 Å². The lowest BCUT2D eigenvalue weighted by Crippen LogP contribution is -2.00. The number of nitrogens with one attached hydrogen (secondary N) is 1. The molecule has 18 heavy (non-hydrogen) atoms. The number of nitrogen functional groups attached to an aromatic ring is 1. The largest absolute Gasteiger partial charge is 0.497 e. The van der Waals surface area contributed by atoms with E-state index in [0.717, 1.165) is 5.56 Å². The minimum absolute atomic E-state index is 0.301. The summed E-state index contributed by atoms with van der Waals surface area (Å²) in [5, 5.41) is 3.00. The van der Waals surface area contributed by atoms with E-state index >= 15 is 0 Å². The Bertz CT molecular complexity index is 549. The van der Waals surface area contributed by atoms with Gasteiger partial charge in [0.1, 0.15) is 11.6 Å². The van der Waals surface area contributed by atoms with Gasteiger partial charge >= 0.3 is 0 Å². The zero-order valence-corrected chi connectivity index (χ0v) is 10.3. The Labute approximate surface area is 105 Å². The lowest BCUT2D eigenvalue weighted by atomic mass is 10.1. The van der Waals surface area contributed by atoms with Crippen LogP contribution in [0.3, 0.4) is 0 Å². The van der Waals surface area contributed by atoms with Crippen LogP contribution in [0.15, 0.2) is 36.4 Å². The van der Waals surface area contributed by atoms with Crippen molar-refractivity contribution in [3.63, 3.8) is 0 Å². The summed E-state index contributed by atoms with van der Waals surface area (Å²) in [6, 6.07) is 10.2. The average molecular weight is 246 g/mol. The Morgan fingerprint density at radius 1 is 1.22 bits per heavy atom. The van der Waals surface area contributed by atoms with Crippen LogP contribution in [-0.4, -0.2) is 7.11 Å². The maximum absolute atomic E-state index is 13.7. The number of aryl methyl sites for hydroxylation is 1. The summed E-state index contributed by atoms with van der Waals surface area (Å²) in [4.78, 5) is 0. The number of anilines is 3. The highest BCUT2D eigenvalue weighted by Gasteiger charge is 2.07. The second kappa shape index (κ2) is 4.96. The van der Waals surface area contributed by atoms with Gasteiger partial charge in [0, 0.05) is 6.07 Å². The van der Waals surface area contributed by atoms with Crippen molar-refractivity contribution in [1.29, 1.82) is 0 Å². The third kappa shape index (κ3) is 2.37. The molecule has 0 aliphatic carbocycles. The zero-order valence-electron chi connectivity index (χ0n) is 10.3. The van der Waals surface area contributed by atoms with Gasteiger partial charge in [-0.2, -0.15) is 0 Å². The van der Waals surface area contributed by atoms with E-state index in [-0.39, 0.29) is 5.82 Å². The van der Waals surface area contributed by atoms with Gasteiger partial charge in [0.25, 0.3) is 0 Å². The normalized spacial score (nSPS) is 10.2. The van der Waals surface area contributed by atoms with Crippen LogP contribution in [0.25, 0.3) is 0 Å². The Morgan fingerprint density at radius 3 is 2.61 bits per heavy atom. The topological polar surface area (TPSA) is 47.3 Å². The minimum Gasteiger partial charge on any atom is -0.497 e. The summed E-state index contributed by atoms with van der Waals surface area (Å²) in [6.45, 7) is 1.84. The van der Waals surface area contributed by atoms with Crippen LogP contribution in [0.1, 0.15) is 5.56 Å². The van der Waals surface area contributed by atoms with E-state index in [9.17, 15) is 4.39 Å². The fraction of sp³-hybridized carbons (Fsp3) is 0.143. The highest BCUT2D eigenvalue weighted by Crippen LogP contribution is 2.29. The van der Waals surface area contributed by atoms with Crippen LogP contribution in [0.4, 0.5) is 21.5 Å². The van der Waals surface area contributed by atoms with Gasteiger partial charge in [0.15, 0.2) is 0 Å². The molecule has 0 bridgehead atoms. The molecule has 0 aliphatic heterocycles. The molecule has 0 fully saturated rings. The summed E-state index contributed by atoms with van der Waals surface area (Å²) >= 11 is 0. The first-order chi connectivity index (χ1) is 8.61. The maximum atomic E-state index is 13.7. The number of benzene rings is 2. The van der Waals surface area contributed by atoms with E-state index < -0.39 is 0 Å². The van der Waals surface area contributed by atoms with E-state index in [1.165, 1.54) is 6.07 Å². The van der Waals surface area contributed by atoms with Gasteiger partial charge in [0.05, 0.1) is 24.2 Å². The summed E-state index contributed by atoms with van der Waals surface area (Å²) in [5.41, 5.74) is 8.31. The molecule has 0 spiro atoms. The molecule has 0 saturated carbocycles. The molecule has 0 heterocycles. The van der Waals surface area contributed by atoms with E-state index in [2.05, 4.69) is 5.32 Å². The molecule has 0 unspecified atom stereocenters. The highest BCUT2D eigenvalue weighted by molar-refractivity contribution is 5.75. The maximum Gasteiger partial charge on any atom is 0.146 e. The number of rotatable bonds is 3. The standard InChI is InChI=1S/C14H15FN2O/c1-9-4-3-5-11(15)14(9)17-13-7-6-10(18-2)8-12(13)16/h3-8,17H,16H2,1-2H3. The quantitative estimate of drug-likeness (QED) is 0.815. The Balaban J connectivity index is 2.34. The molecule has 4 heteroatoms. The minimum atomic E-state index is -0.301. The number of hydrogen-bond acceptors (Lipinski definition) is 3. The van der Waals surface area contributed by atoms with Crippen LogP contribution in [-0.2, 0) is 0 Å². The van der Waals surface area contributed by atoms with Gasteiger partial charge < -0.3 is 15.8 Å². The number of halogens is 1. The summed E-state index contributed by atoms with van der Waals surface area (Å²) in [5.74, 6) is 0.369. The van der Waals surface area contributed by atoms with Crippen molar-refractivity contribution in [2.24, 2.45) is 0 Å². The van der Waals surface area contributed by atoms with E-state index in [1.807, 2.05) is 13.0 Å². The fourth-order valence-corrected chi connectivity index (χ4v) is 1.71. The Hall–Kier alpha value is -2.23. The predicted octanol–water partition coefficient (Wildman–Crippen LogP) is 3.47. The van der Waals surface area contributed by atoms with Crippen LogP contribution in [0, 0.1) is 12.7 Å². The lowest BCUT2D eigenvalue weighted by molar-refractivity contribution is 0.415. The predicted molar refractivity (Wildman–Crippen MR) is 71.8 cm³/mol. The van der Waals surface area contributed by atoms with Crippen molar-refractivity contribution in [1.82, 2.24) is 0 Å². The molecule has 3 N–H and O–H groups in total. The summed E-state index contributed by atoms with van der Waals surface area (Å²) in [6.07, 6.45) is 0. The van der Waals surface area contributed by atoms with Gasteiger partial charge in [-0.05, 0) is 30.7 Å². The lowest BCUT2D eigenvalue weighted by Gasteiger charge is -2.13. The second-order valence-corrected chi connectivity index (χ2v) is 4.01. The van der Waals surface area contributed by atoms with E-state index in [0.29, 0.717) is 22.8 Å². The molecule has 0 saturated heterocycles. The molecule has 0 atom stereocenters. The summed E-state index contributed by atoms with van der Waals surface area (Å²) in [7, 11) is 1.57. The molecule has 94 valence electrons. The first kappa shape index (κ1) is 12.2. The van der Waals surface area contributed by atoms with Crippen molar-refractivity contribution in [2.75, 3.05) is 18.2 Å². The molecule has 0 radical (unpaired) electrons. The van der Waals surface area contributed by atoms with E-state index in [4.69, 9.17) is 10.5 Å². The van der Waals surface area contributed by atoms with E-state index in [1.54, 1.807) is 31.4 Å². The number of hydrogen-bond donors (Lipinski definition) is 2. The van der Waals surface area contributed by atoms with Crippen molar-refractivity contribution >= 4 is 17.1 Å². The van der Waals surface area contributed by atoms with Crippen molar-refractivity contribution in [3.05, 3.63) is 47.8 Å². The van der Waals surface area contributed by atoms with Gasteiger partial charge in [-0.3, -0.25) is 0 Å². The first-order valence-corrected chi connectivity index (χ1v) is 5.57. The molecular weight excluding hydrogens is 231 g/mol. The molecule has 2 aromatic rings. The van der Waals surface area contributed by atoms with Gasteiger partial charge in [-0.1, -0.05) is 12.1 Å². The number of para-hydroxylation sites is 1. The summed E-state index contributed by atoms with van der Waals surface area (Å²) < 4.78 is 18.8. The monoisotopic (exact) mass is 246 g/mol.